The average molecular weight is 380 g/mol. The molecule has 0 aliphatic carbocycles. The molecule has 0 aliphatic rings. The number of halogens is 2. The molecule has 4 rings (SSSR count). The zero-order chi connectivity index (χ0) is 19.7. The van der Waals surface area contributed by atoms with E-state index in [4.69, 9.17) is 4.74 Å². The molecule has 0 saturated carbocycles. The molecule has 8 heteroatoms. The monoisotopic (exact) mass is 380 g/mol. The van der Waals surface area contributed by atoms with Gasteiger partial charge in [-0.25, -0.2) is 28.2 Å². The van der Waals surface area contributed by atoms with Gasteiger partial charge < -0.3 is 4.74 Å². The first-order valence-electron chi connectivity index (χ1n) is 8.37. The van der Waals surface area contributed by atoms with Crippen LogP contribution < -0.4 is 0 Å². The molecule has 2 aromatic carbocycles. The van der Waals surface area contributed by atoms with Crippen molar-refractivity contribution < 1.29 is 18.3 Å². The van der Waals surface area contributed by atoms with E-state index >= 15 is 0 Å². The third-order valence-electron chi connectivity index (χ3n) is 4.15. The summed E-state index contributed by atoms with van der Waals surface area (Å²) in [5.41, 5.74) is 2.10. The van der Waals surface area contributed by atoms with E-state index in [1.54, 1.807) is 4.68 Å². The van der Waals surface area contributed by atoms with E-state index in [1.165, 1.54) is 25.4 Å². The van der Waals surface area contributed by atoms with Gasteiger partial charge in [-0.05, 0) is 17.7 Å². The number of carbonyl (C=O) groups is 1. The van der Waals surface area contributed by atoms with Crippen LogP contribution in [0.25, 0.3) is 22.4 Å². The van der Waals surface area contributed by atoms with E-state index in [0.717, 1.165) is 11.6 Å². The SMILES string of the molecule is COC(=O)c1cnc2c(-c3cc(F)cc(F)c3)nn(Cc3ccccc3)c2n1. The third-order valence-corrected chi connectivity index (χ3v) is 4.15. The molecule has 0 spiro atoms. The van der Waals surface area contributed by atoms with E-state index in [1.807, 2.05) is 30.3 Å². The van der Waals surface area contributed by atoms with E-state index in [-0.39, 0.29) is 17.0 Å². The van der Waals surface area contributed by atoms with Gasteiger partial charge >= 0.3 is 5.97 Å². The van der Waals surface area contributed by atoms with Crippen LogP contribution in [-0.2, 0) is 11.3 Å². The molecule has 0 unspecified atom stereocenters. The fourth-order valence-corrected chi connectivity index (χ4v) is 2.90. The summed E-state index contributed by atoms with van der Waals surface area (Å²) in [7, 11) is 1.25. The lowest BCUT2D eigenvalue weighted by Gasteiger charge is -2.03. The Labute approximate surface area is 158 Å². The Kier molecular flexibility index (Phi) is 4.52. The number of hydrogen-bond acceptors (Lipinski definition) is 5. The number of fused-ring (bicyclic) bond motifs is 1. The Hall–Kier alpha value is -3.68. The predicted octanol–water partition coefficient (Wildman–Crippen LogP) is 3.61. The smallest absolute Gasteiger partial charge is 0.358 e. The van der Waals surface area contributed by atoms with Gasteiger partial charge in [-0.3, -0.25) is 0 Å². The van der Waals surface area contributed by atoms with Gasteiger partial charge in [0.15, 0.2) is 11.3 Å². The first-order valence-corrected chi connectivity index (χ1v) is 8.37. The van der Waals surface area contributed by atoms with Gasteiger partial charge in [-0.1, -0.05) is 30.3 Å². The van der Waals surface area contributed by atoms with Crippen LogP contribution in [0.4, 0.5) is 8.78 Å². The van der Waals surface area contributed by atoms with Crippen molar-refractivity contribution in [3.63, 3.8) is 0 Å². The molecule has 0 atom stereocenters. The lowest BCUT2D eigenvalue weighted by Crippen LogP contribution is -2.08. The summed E-state index contributed by atoms with van der Waals surface area (Å²) in [5.74, 6) is -2.08. The van der Waals surface area contributed by atoms with Crippen LogP contribution in [0.15, 0.2) is 54.7 Å². The van der Waals surface area contributed by atoms with Crippen molar-refractivity contribution in [1.82, 2.24) is 19.7 Å². The number of hydrogen-bond donors (Lipinski definition) is 0. The van der Waals surface area contributed by atoms with Gasteiger partial charge in [0.05, 0.1) is 19.9 Å². The number of nitrogens with zero attached hydrogens (tertiary/aromatic N) is 4. The number of rotatable bonds is 4. The molecule has 0 saturated heterocycles. The molecular formula is C20H14F2N4O2. The second-order valence-corrected chi connectivity index (χ2v) is 6.07. The topological polar surface area (TPSA) is 69.9 Å². The van der Waals surface area contributed by atoms with Crippen LogP contribution >= 0.6 is 0 Å². The molecule has 140 valence electrons. The summed E-state index contributed by atoms with van der Waals surface area (Å²) in [4.78, 5) is 20.4. The Morgan fingerprint density at radius 1 is 1.11 bits per heavy atom. The summed E-state index contributed by atoms with van der Waals surface area (Å²) < 4.78 is 33.7. The molecule has 0 fully saturated rings. The molecule has 0 N–H and O–H groups in total. The van der Waals surface area contributed by atoms with Crippen molar-refractivity contribution in [2.45, 2.75) is 6.54 Å². The van der Waals surface area contributed by atoms with Crippen molar-refractivity contribution in [2.24, 2.45) is 0 Å². The molecule has 0 bridgehead atoms. The molecule has 0 aliphatic heterocycles. The van der Waals surface area contributed by atoms with Crippen molar-refractivity contribution in [3.8, 4) is 11.3 Å². The zero-order valence-electron chi connectivity index (χ0n) is 14.8. The minimum atomic E-state index is -0.722. The summed E-state index contributed by atoms with van der Waals surface area (Å²) in [6, 6.07) is 12.6. The number of methoxy groups -OCH3 is 1. The van der Waals surface area contributed by atoms with Crippen molar-refractivity contribution in [1.29, 1.82) is 0 Å². The highest BCUT2D eigenvalue weighted by atomic mass is 19.1. The zero-order valence-corrected chi connectivity index (χ0v) is 14.8. The Morgan fingerprint density at radius 3 is 2.50 bits per heavy atom. The van der Waals surface area contributed by atoms with Gasteiger partial charge in [-0.15, -0.1) is 0 Å². The van der Waals surface area contributed by atoms with E-state index < -0.39 is 17.6 Å². The number of carbonyl (C=O) groups excluding carboxylic acids is 1. The standard InChI is InChI=1S/C20H14F2N4O2/c1-28-20(27)16-10-23-18-17(13-7-14(21)9-15(22)8-13)25-26(19(18)24-16)11-12-5-3-2-4-6-12/h2-10H,11H2,1H3. The van der Waals surface area contributed by atoms with E-state index in [9.17, 15) is 13.6 Å². The van der Waals surface area contributed by atoms with Gasteiger partial charge in [0.2, 0.25) is 0 Å². The first-order chi connectivity index (χ1) is 13.5. The highest BCUT2D eigenvalue weighted by Gasteiger charge is 2.19. The average Bonchev–Trinajstić information content (AvgIpc) is 3.05. The molecule has 2 heterocycles. The second-order valence-electron chi connectivity index (χ2n) is 6.07. The second kappa shape index (κ2) is 7.15. The molecule has 0 amide bonds. The molecule has 28 heavy (non-hydrogen) atoms. The van der Waals surface area contributed by atoms with Crippen molar-refractivity contribution in [2.75, 3.05) is 7.11 Å². The summed E-state index contributed by atoms with van der Waals surface area (Å²) in [5, 5.41) is 4.47. The van der Waals surface area contributed by atoms with Crippen LogP contribution in [-0.4, -0.2) is 32.8 Å². The van der Waals surface area contributed by atoms with Crippen molar-refractivity contribution in [3.05, 3.63) is 77.6 Å². The molecule has 4 aromatic rings. The van der Waals surface area contributed by atoms with Crippen LogP contribution in [0.3, 0.4) is 0 Å². The third kappa shape index (κ3) is 3.32. The highest BCUT2D eigenvalue weighted by Crippen LogP contribution is 2.27. The lowest BCUT2D eigenvalue weighted by atomic mass is 10.1. The Morgan fingerprint density at radius 2 is 1.82 bits per heavy atom. The lowest BCUT2D eigenvalue weighted by molar-refractivity contribution is 0.0594. The minimum absolute atomic E-state index is 0.0150. The van der Waals surface area contributed by atoms with Gasteiger partial charge in [-0.2, -0.15) is 5.10 Å². The van der Waals surface area contributed by atoms with E-state index in [2.05, 4.69) is 15.1 Å². The maximum absolute atomic E-state index is 13.7. The molecule has 6 nitrogen and oxygen atoms in total. The maximum atomic E-state index is 13.7. The number of aromatic nitrogens is 4. The number of benzene rings is 2. The van der Waals surface area contributed by atoms with Crippen LogP contribution in [0.2, 0.25) is 0 Å². The Bertz CT molecular complexity index is 1160. The van der Waals surface area contributed by atoms with Gasteiger partial charge in [0.25, 0.3) is 0 Å². The Balaban J connectivity index is 1.91. The summed E-state index contributed by atoms with van der Waals surface area (Å²) in [6.45, 7) is 0.342. The predicted molar refractivity (Wildman–Crippen MR) is 97.6 cm³/mol. The quantitative estimate of drug-likeness (QED) is 0.506. The van der Waals surface area contributed by atoms with Gasteiger partial charge in [0, 0.05) is 11.6 Å². The fourth-order valence-electron chi connectivity index (χ4n) is 2.90. The van der Waals surface area contributed by atoms with Gasteiger partial charge in [0.1, 0.15) is 22.8 Å². The normalized spacial score (nSPS) is 11.0. The number of ether oxygens (including phenoxy) is 1. The van der Waals surface area contributed by atoms with E-state index in [0.29, 0.717) is 17.7 Å². The summed E-state index contributed by atoms with van der Waals surface area (Å²) >= 11 is 0. The summed E-state index contributed by atoms with van der Waals surface area (Å²) in [6.07, 6.45) is 1.25. The maximum Gasteiger partial charge on any atom is 0.358 e. The van der Waals surface area contributed by atoms with Crippen LogP contribution in [0.1, 0.15) is 16.1 Å². The molecular weight excluding hydrogens is 366 g/mol. The molecule has 0 radical (unpaired) electrons. The minimum Gasteiger partial charge on any atom is -0.464 e. The van der Waals surface area contributed by atoms with Crippen LogP contribution in [0, 0.1) is 11.6 Å². The first kappa shape index (κ1) is 17.7. The van der Waals surface area contributed by atoms with Crippen LogP contribution in [0.5, 0.6) is 0 Å². The fraction of sp³-hybridized carbons (Fsp3) is 0.100. The molecule has 2 aromatic heterocycles. The number of esters is 1. The van der Waals surface area contributed by atoms with Crippen molar-refractivity contribution >= 4 is 17.1 Å². The largest absolute Gasteiger partial charge is 0.464 e. The highest BCUT2D eigenvalue weighted by molar-refractivity contribution is 5.92.